The fraction of sp³-hybridized carbons (Fsp3) is 0.273. The summed E-state index contributed by atoms with van der Waals surface area (Å²) in [5.74, 6) is 2.22. The summed E-state index contributed by atoms with van der Waals surface area (Å²) < 4.78 is 6.39. The molecule has 5 nitrogen and oxygen atoms in total. The molecule has 28 heavy (non-hydrogen) atoms. The van der Waals surface area contributed by atoms with Gasteiger partial charge < -0.3 is 15.1 Å². The molecule has 6 heteroatoms. The van der Waals surface area contributed by atoms with Gasteiger partial charge in [0.25, 0.3) is 0 Å². The first kappa shape index (κ1) is 19.9. The summed E-state index contributed by atoms with van der Waals surface area (Å²) in [6.07, 6.45) is 9.55. The third-order valence-electron chi connectivity index (χ3n) is 5.11. The maximum atomic E-state index is 6.39. The van der Waals surface area contributed by atoms with Gasteiger partial charge in [-0.3, -0.25) is 0 Å². The molecule has 0 aliphatic rings. The first-order valence-electron chi connectivity index (χ1n) is 9.39. The van der Waals surface area contributed by atoms with E-state index >= 15 is 0 Å². The van der Waals surface area contributed by atoms with Crippen molar-refractivity contribution in [3.8, 4) is 5.75 Å². The van der Waals surface area contributed by atoms with Gasteiger partial charge in [-0.15, -0.1) is 0 Å². The predicted octanol–water partition coefficient (Wildman–Crippen LogP) is 5.65. The molecule has 1 aromatic carbocycles. The molecule has 2 heterocycles. The Kier molecular flexibility index (Phi) is 5.42. The van der Waals surface area contributed by atoms with Crippen molar-refractivity contribution in [2.45, 2.75) is 38.9 Å². The highest BCUT2D eigenvalue weighted by Gasteiger charge is 2.38. The standard InChI is InChI=1S/C22H28N4OSi/c1-22(2,3)28(4,5)27-17-11-12-18-19(14-17)26-21(25-18)9-7-6-8-16-10-13-20(23)24-15-16/h6-15H,1-5H3,(H2,23,24)(H,25,26)/b8-6+,9-7+. The van der Waals surface area contributed by atoms with Crippen LogP contribution in [0.2, 0.25) is 18.1 Å². The Morgan fingerprint density at radius 1 is 1.07 bits per heavy atom. The number of hydrogen-bond donors (Lipinski definition) is 2. The Hall–Kier alpha value is -2.86. The number of aromatic amines is 1. The van der Waals surface area contributed by atoms with Gasteiger partial charge in [-0.25, -0.2) is 9.97 Å². The molecule has 0 amide bonds. The zero-order chi connectivity index (χ0) is 20.4. The van der Waals surface area contributed by atoms with E-state index in [-0.39, 0.29) is 5.04 Å². The number of aromatic nitrogens is 3. The summed E-state index contributed by atoms with van der Waals surface area (Å²) in [4.78, 5) is 12.0. The van der Waals surface area contributed by atoms with Gasteiger partial charge in [0.1, 0.15) is 17.4 Å². The van der Waals surface area contributed by atoms with Crippen LogP contribution < -0.4 is 10.2 Å². The number of allylic oxidation sites excluding steroid dienone is 2. The lowest BCUT2D eigenvalue weighted by atomic mass is 10.2. The lowest BCUT2D eigenvalue weighted by Gasteiger charge is -2.36. The SMILES string of the molecule is CC(C)(C)[Si](C)(C)Oc1ccc2nc(/C=C/C=C/c3ccc(N)nc3)[nH]c2c1. The average Bonchev–Trinajstić information content (AvgIpc) is 3.01. The summed E-state index contributed by atoms with van der Waals surface area (Å²) in [6, 6.07) is 9.76. The van der Waals surface area contributed by atoms with Gasteiger partial charge >= 0.3 is 0 Å². The summed E-state index contributed by atoms with van der Waals surface area (Å²) in [7, 11) is -1.86. The highest BCUT2D eigenvalue weighted by molar-refractivity contribution is 6.74. The quantitative estimate of drug-likeness (QED) is 0.434. The number of nitrogens with zero attached hydrogens (tertiary/aromatic N) is 2. The molecule has 0 saturated carbocycles. The molecular formula is C22H28N4OSi. The Morgan fingerprint density at radius 2 is 1.82 bits per heavy atom. The van der Waals surface area contributed by atoms with Crippen LogP contribution in [-0.4, -0.2) is 23.3 Å². The molecule has 0 fully saturated rings. The van der Waals surface area contributed by atoms with Crippen molar-refractivity contribution < 1.29 is 4.43 Å². The molecule has 0 aliphatic carbocycles. The van der Waals surface area contributed by atoms with E-state index in [1.54, 1.807) is 12.3 Å². The molecule has 0 unspecified atom stereocenters. The number of nitrogen functional groups attached to an aromatic ring is 1. The molecular weight excluding hydrogens is 364 g/mol. The highest BCUT2D eigenvalue weighted by Crippen LogP contribution is 2.37. The molecule has 3 aromatic rings. The predicted molar refractivity (Wildman–Crippen MR) is 121 cm³/mol. The van der Waals surface area contributed by atoms with Crippen molar-refractivity contribution in [3.63, 3.8) is 0 Å². The third kappa shape index (κ3) is 4.70. The van der Waals surface area contributed by atoms with Crippen molar-refractivity contribution in [3.05, 3.63) is 60.1 Å². The molecule has 0 saturated heterocycles. The molecule has 0 aliphatic heterocycles. The van der Waals surface area contributed by atoms with Crippen LogP contribution in [0.4, 0.5) is 5.82 Å². The van der Waals surface area contributed by atoms with E-state index in [4.69, 9.17) is 10.2 Å². The van der Waals surface area contributed by atoms with E-state index in [0.717, 1.165) is 28.2 Å². The van der Waals surface area contributed by atoms with Crippen LogP contribution in [0.5, 0.6) is 5.75 Å². The van der Waals surface area contributed by atoms with Crippen molar-refractivity contribution >= 4 is 37.3 Å². The van der Waals surface area contributed by atoms with Gasteiger partial charge in [0.15, 0.2) is 0 Å². The number of anilines is 1. The first-order chi connectivity index (χ1) is 13.1. The number of fused-ring (bicyclic) bond motifs is 1. The van der Waals surface area contributed by atoms with Gasteiger partial charge in [0.2, 0.25) is 8.32 Å². The fourth-order valence-corrected chi connectivity index (χ4v) is 3.45. The number of pyridine rings is 1. The maximum Gasteiger partial charge on any atom is 0.250 e. The van der Waals surface area contributed by atoms with Crippen LogP contribution in [-0.2, 0) is 0 Å². The number of benzene rings is 1. The number of rotatable bonds is 5. The van der Waals surface area contributed by atoms with Gasteiger partial charge in [0.05, 0.1) is 11.0 Å². The number of imidazole rings is 1. The Bertz CT molecular complexity index is 1010. The third-order valence-corrected chi connectivity index (χ3v) is 9.47. The van der Waals surface area contributed by atoms with Crippen molar-refractivity contribution in [2.24, 2.45) is 0 Å². The second-order valence-electron chi connectivity index (χ2n) is 8.40. The number of H-pyrrole nitrogens is 1. The zero-order valence-electron chi connectivity index (χ0n) is 17.2. The minimum Gasteiger partial charge on any atom is -0.543 e. The molecule has 0 atom stereocenters. The van der Waals surface area contributed by atoms with Gasteiger partial charge in [0, 0.05) is 12.3 Å². The van der Waals surface area contributed by atoms with Crippen LogP contribution in [0, 0.1) is 0 Å². The normalized spacial score (nSPS) is 13.0. The minimum absolute atomic E-state index is 0.163. The number of hydrogen-bond acceptors (Lipinski definition) is 4. The lowest BCUT2D eigenvalue weighted by molar-refractivity contribution is 0.493. The smallest absolute Gasteiger partial charge is 0.250 e. The zero-order valence-corrected chi connectivity index (χ0v) is 18.2. The Balaban J connectivity index is 1.73. The fourth-order valence-electron chi connectivity index (χ4n) is 2.43. The summed E-state index contributed by atoms with van der Waals surface area (Å²) >= 11 is 0. The molecule has 3 rings (SSSR count). The molecule has 0 spiro atoms. The highest BCUT2D eigenvalue weighted by atomic mass is 28.4. The van der Waals surface area contributed by atoms with E-state index in [9.17, 15) is 0 Å². The van der Waals surface area contributed by atoms with Crippen LogP contribution in [0.1, 0.15) is 32.2 Å². The Labute approximate surface area is 167 Å². The topological polar surface area (TPSA) is 76.8 Å². The van der Waals surface area contributed by atoms with Gasteiger partial charge in [-0.1, -0.05) is 39.0 Å². The molecule has 0 bridgehead atoms. The van der Waals surface area contributed by atoms with E-state index in [2.05, 4.69) is 48.8 Å². The van der Waals surface area contributed by atoms with Gasteiger partial charge in [-0.2, -0.15) is 0 Å². The lowest BCUT2D eigenvalue weighted by Crippen LogP contribution is -2.43. The van der Waals surface area contributed by atoms with Crippen molar-refractivity contribution in [1.82, 2.24) is 15.0 Å². The second-order valence-corrected chi connectivity index (χ2v) is 13.1. The molecule has 146 valence electrons. The molecule has 3 N–H and O–H groups in total. The molecule has 2 aromatic heterocycles. The average molecular weight is 393 g/mol. The first-order valence-corrected chi connectivity index (χ1v) is 12.3. The summed E-state index contributed by atoms with van der Waals surface area (Å²) in [5, 5.41) is 0.163. The van der Waals surface area contributed by atoms with Crippen LogP contribution in [0.25, 0.3) is 23.2 Å². The monoisotopic (exact) mass is 392 g/mol. The van der Waals surface area contributed by atoms with E-state index in [1.807, 2.05) is 48.6 Å². The number of nitrogens with two attached hydrogens (primary N) is 1. The summed E-state index contributed by atoms with van der Waals surface area (Å²) in [6.45, 7) is 11.2. The number of nitrogens with one attached hydrogen (secondary N) is 1. The van der Waals surface area contributed by atoms with Crippen molar-refractivity contribution in [2.75, 3.05) is 5.73 Å². The van der Waals surface area contributed by atoms with Crippen LogP contribution >= 0.6 is 0 Å². The van der Waals surface area contributed by atoms with Crippen LogP contribution in [0.3, 0.4) is 0 Å². The van der Waals surface area contributed by atoms with E-state index < -0.39 is 8.32 Å². The van der Waals surface area contributed by atoms with E-state index in [1.165, 1.54) is 0 Å². The molecule has 0 radical (unpaired) electrons. The van der Waals surface area contributed by atoms with Crippen LogP contribution in [0.15, 0.2) is 48.7 Å². The second kappa shape index (κ2) is 7.64. The van der Waals surface area contributed by atoms with E-state index in [0.29, 0.717) is 5.82 Å². The van der Waals surface area contributed by atoms with Gasteiger partial charge in [-0.05, 0) is 54.0 Å². The minimum atomic E-state index is -1.86. The Morgan fingerprint density at radius 3 is 2.50 bits per heavy atom. The van der Waals surface area contributed by atoms with Crippen molar-refractivity contribution in [1.29, 1.82) is 0 Å². The summed E-state index contributed by atoms with van der Waals surface area (Å²) in [5.41, 5.74) is 8.49. The largest absolute Gasteiger partial charge is 0.543 e. The maximum absolute atomic E-state index is 6.39.